The lowest BCUT2D eigenvalue weighted by Gasteiger charge is -2.18. The lowest BCUT2D eigenvalue weighted by atomic mass is 9.95. The Bertz CT molecular complexity index is 2890. The standard InChI is InChI=1S/C49H32N4/c1-3-16-33(17-4-1)38-23-9-10-26-43(38)49-51-47(35-19-5-2-6-20-35)50-48(52-49)36-30-31-42(39-27-15-21-34-18-7-8-22-37(34)39)46(32-36)53-44-28-13-11-24-40(44)41-25-12-14-29-45(41)53/h1-32H. The number of fused-ring (bicyclic) bond motifs is 4. The molecule has 0 amide bonds. The summed E-state index contributed by atoms with van der Waals surface area (Å²) in [5.74, 6) is 1.87. The molecule has 4 nitrogen and oxygen atoms in total. The molecule has 4 heteroatoms. The van der Waals surface area contributed by atoms with Crippen molar-refractivity contribution < 1.29 is 0 Å². The molecule has 10 rings (SSSR count). The summed E-state index contributed by atoms with van der Waals surface area (Å²) in [6, 6.07) is 68.1. The Morgan fingerprint density at radius 3 is 1.53 bits per heavy atom. The van der Waals surface area contributed by atoms with E-state index in [2.05, 4.69) is 168 Å². The van der Waals surface area contributed by atoms with Crippen LogP contribution in [0, 0.1) is 0 Å². The predicted octanol–water partition coefficient (Wildman–Crippen LogP) is 12.5. The van der Waals surface area contributed by atoms with E-state index in [0.29, 0.717) is 17.5 Å². The molecule has 0 unspecified atom stereocenters. The van der Waals surface area contributed by atoms with E-state index < -0.39 is 0 Å². The van der Waals surface area contributed by atoms with E-state index in [1.165, 1.54) is 27.1 Å². The summed E-state index contributed by atoms with van der Waals surface area (Å²) in [6.45, 7) is 0. The van der Waals surface area contributed by atoms with Gasteiger partial charge in [0, 0.05) is 33.0 Å². The van der Waals surface area contributed by atoms with Crippen molar-refractivity contribution in [1.82, 2.24) is 19.5 Å². The maximum Gasteiger partial charge on any atom is 0.164 e. The molecule has 0 spiro atoms. The Hall–Kier alpha value is -7.17. The van der Waals surface area contributed by atoms with Gasteiger partial charge >= 0.3 is 0 Å². The van der Waals surface area contributed by atoms with Crippen LogP contribution in [0.3, 0.4) is 0 Å². The SMILES string of the molecule is c1ccc(-c2nc(-c3ccc(-c4cccc5ccccc45)c(-n4c5ccccc5c5ccccc54)c3)nc(-c3ccccc3-c3ccccc3)n2)cc1. The minimum Gasteiger partial charge on any atom is -0.309 e. The van der Waals surface area contributed by atoms with Gasteiger partial charge in [-0.15, -0.1) is 0 Å². The average molecular weight is 677 g/mol. The molecule has 0 radical (unpaired) electrons. The van der Waals surface area contributed by atoms with Crippen LogP contribution in [-0.2, 0) is 0 Å². The lowest BCUT2D eigenvalue weighted by Crippen LogP contribution is -2.03. The number of hydrogen-bond donors (Lipinski definition) is 0. The van der Waals surface area contributed by atoms with Crippen molar-refractivity contribution in [3.63, 3.8) is 0 Å². The van der Waals surface area contributed by atoms with Gasteiger partial charge in [-0.05, 0) is 45.7 Å². The van der Waals surface area contributed by atoms with Crippen molar-refractivity contribution in [3.05, 3.63) is 194 Å². The van der Waals surface area contributed by atoms with E-state index in [1.807, 2.05) is 30.3 Å². The fourth-order valence-electron chi connectivity index (χ4n) is 7.62. The normalized spacial score (nSPS) is 11.4. The number of benzene rings is 8. The zero-order valence-electron chi connectivity index (χ0n) is 28.8. The second kappa shape index (κ2) is 12.9. The zero-order valence-corrected chi connectivity index (χ0v) is 28.8. The molecule has 0 atom stereocenters. The Morgan fingerprint density at radius 2 is 0.811 bits per heavy atom. The highest BCUT2D eigenvalue weighted by Crippen LogP contribution is 2.40. The highest BCUT2D eigenvalue weighted by Gasteiger charge is 2.20. The molecule has 0 saturated heterocycles. The van der Waals surface area contributed by atoms with Crippen molar-refractivity contribution >= 4 is 32.6 Å². The maximum atomic E-state index is 5.25. The van der Waals surface area contributed by atoms with Crippen LogP contribution in [0.1, 0.15) is 0 Å². The minimum atomic E-state index is 0.614. The summed E-state index contributed by atoms with van der Waals surface area (Å²) in [5, 5.41) is 4.83. The van der Waals surface area contributed by atoms with Crippen LogP contribution in [0.5, 0.6) is 0 Å². The zero-order chi connectivity index (χ0) is 35.1. The first-order chi connectivity index (χ1) is 26.3. The van der Waals surface area contributed by atoms with E-state index in [1.54, 1.807) is 0 Å². The van der Waals surface area contributed by atoms with E-state index in [9.17, 15) is 0 Å². The van der Waals surface area contributed by atoms with Gasteiger partial charge in [0.2, 0.25) is 0 Å². The molecule has 8 aromatic carbocycles. The van der Waals surface area contributed by atoms with Gasteiger partial charge in [-0.3, -0.25) is 0 Å². The molecule has 2 aromatic heterocycles. The van der Waals surface area contributed by atoms with Gasteiger partial charge in [0.05, 0.1) is 16.7 Å². The molecule has 248 valence electrons. The van der Waals surface area contributed by atoms with Crippen LogP contribution in [0.15, 0.2) is 194 Å². The second-order valence-corrected chi connectivity index (χ2v) is 13.2. The van der Waals surface area contributed by atoms with Crippen LogP contribution < -0.4 is 0 Å². The Labute approximate surface area is 307 Å². The lowest BCUT2D eigenvalue weighted by molar-refractivity contribution is 1.07. The molecule has 0 fully saturated rings. The smallest absolute Gasteiger partial charge is 0.164 e. The third kappa shape index (κ3) is 5.36. The molecule has 0 bridgehead atoms. The minimum absolute atomic E-state index is 0.614. The quantitative estimate of drug-likeness (QED) is 0.176. The van der Waals surface area contributed by atoms with Crippen molar-refractivity contribution in [2.45, 2.75) is 0 Å². The van der Waals surface area contributed by atoms with Crippen molar-refractivity contribution in [3.8, 4) is 62.1 Å². The van der Waals surface area contributed by atoms with Crippen molar-refractivity contribution in [2.24, 2.45) is 0 Å². The number of hydrogen-bond acceptors (Lipinski definition) is 3. The van der Waals surface area contributed by atoms with Crippen LogP contribution in [0.4, 0.5) is 0 Å². The topological polar surface area (TPSA) is 43.6 Å². The first-order valence-electron chi connectivity index (χ1n) is 17.9. The van der Waals surface area contributed by atoms with Gasteiger partial charge in [0.1, 0.15) is 0 Å². The summed E-state index contributed by atoms with van der Waals surface area (Å²) < 4.78 is 2.40. The van der Waals surface area contributed by atoms with Crippen molar-refractivity contribution in [2.75, 3.05) is 0 Å². The Morgan fingerprint density at radius 1 is 0.302 bits per heavy atom. The molecule has 10 aromatic rings. The molecule has 0 aliphatic heterocycles. The van der Waals surface area contributed by atoms with Crippen LogP contribution in [0.2, 0.25) is 0 Å². The molecule has 2 heterocycles. The number of aromatic nitrogens is 4. The monoisotopic (exact) mass is 676 g/mol. The summed E-state index contributed by atoms with van der Waals surface area (Å²) >= 11 is 0. The van der Waals surface area contributed by atoms with Crippen LogP contribution >= 0.6 is 0 Å². The number of rotatable bonds is 6. The van der Waals surface area contributed by atoms with E-state index in [-0.39, 0.29) is 0 Å². The second-order valence-electron chi connectivity index (χ2n) is 13.2. The van der Waals surface area contributed by atoms with Gasteiger partial charge in [-0.25, -0.2) is 15.0 Å². The van der Waals surface area contributed by atoms with Gasteiger partial charge in [-0.2, -0.15) is 0 Å². The van der Waals surface area contributed by atoms with Gasteiger partial charge in [-0.1, -0.05) is 176 Å². The van der Waals surface area contributed by atoms with Gasteiger partial charge in [0.25, 0.3) is 0 Å². The molecule has 0 N–H and O–H groups in total. The number of para-hydroxylation sites is 2. The molecular weight excluding hydrogens is 645 g/mol. The summed E-state index contributed by atoms with van der Waals surface area (Å²) in [7, 11) is 0. The van der Waals surface area contributed by atoms with E-state index in [0.717, 1.165) is 50.1 Å². The molecular formula is C49H32N4. The molecule has 0 saturated carbocycles. The summed E-state index contributed by atoms with van der Waals surface area (Å²) in [5.41, 5.74) is 10.6. The Kier molecular flexibility index (Phi) is 7.43. The average Bonchev–Trinajstić information content (AvgIpc) is 3.58. The highest BCUT2D eigenvalue weighted by atomic mass is 15.0. The highest BCUT2D eigenvalue weighted by molar-refractivity contribution is 6.10. The Balaban J connectivity index is 1.26. The van der Waals surface area contributed by atoms with Crippen molar-refractivity contribution in [1.29, 1.82) is 0 Å². The summed E-state index contributed by atoms with van der Waals surface area (Å²) in [4.78, 5) is 15.5. The fraction of sp³-hybridized carbons (Fsp3) is 0. The van der Waals surface area contributed by atoms with E-state index in [4.69, 9.17) is 15.0 Å². The molecule has 53 heavy (non-hydrogen) atoms. The molecule has 0 aliphatic rings. The third-order valence-corrected chi connectivity index (χ3v) is 10.1. The van der Waals surface area contributed by atoms with Crippen LogP contribution in [-0.4, -0.2) is 19.5 Å². The third-order valence-electron chi connectivity index (χ3n) is 10.1. The number of nitrogens with zero attached hydrogens (tertiary/aromatic N) is 4. The largest absolute Gasteiger partial charge is 0.309 e. The maximum absolute atomic E-state index is 5.25. The van der Waals surface area contributed by atoms with Gasteiger partial charge < -0.3 is 4.57 Å². The first kappa shape index (κ1) is 30.6. The van der Waals surface area contributed by atoms with E-state index >= 15 is 0 Å². The van der Waals surface area contributed by atoms with Crippen LogP contribution in [0.25, 0.3) is 94.7 Å². The first-order valence-corrected chi connectivity index (χ1v) is 17.9. The molecule has 0 aliphatic carbocycles. The summed E-state index contributed by atoms with van der Waals surface area (Å²) in [6.07, 6.45) is 0. The fourth-order valence-corrected chi connectivity index (χ4v) is 7.62. The predicted molar refractivity (Wildman–Crippen MR) is 219 cm³/mol. The van der Waals surface area contributed by atoms with Gasteiger partial charge in [0.15, 0.2) is 17.5 Å².